The lowest BCUT2D eigenvalue weighted by Gasteiger charge is -2.26. The molecule has 1 aliphatic heterocycles. The summed E-state index contributed by atoms with van der Waals surface area (Å²) in [6.07, 6.45) is 0.323. The highest BCUT2D eigenvalue weighted by atomic mass is 32.2. The minimum Gasteiger partial charge on any atom is -0.298 e. The average molecular weight is 333 g/mol. The van der Waals surface area contributed by atoms with Crippen molar-refractivity contribution >= 4 is 39.9 Å². The van der Waals surface area contributed by atoms with Gasteiger partial charge in [-0.25, -0.2) is 0 Å². The molecular formula is C15H15N3O2S2. The summed E-state index contributed by atoms with van der Waals surface area (Å²) in [6, 6.07) is 10.1. The summed E-state index contributed by atoms with van der Waals surface area (Å²) in [5.74, 6) is 0.556. The predicted molar refractivity (Wildman–Crippen MR) is 87.1 cm³/mol. The first-order chi connectivity index (χ1) is 10.6. The first-order valence-electron chi connectivity index (χ1n) is 6.97. The number of ketones is 1. The zero-order valence-electron chi connectivity index (χ0n) is 12.1. The fourth-order valence-electron chi connectivity index (χ4n) is 2.26. The van der Waals surface area contributed by atoms with Crippen molar-refractivity contribution in [2.24, 2.45) is 5.92 Å². The Morgan fingerprint density at radius 2 is 2.05 bits per heavy atom. The molecule has 1 fully saturated rings. The highest BCUT2D eigenvalue weighted by molar-refractivity contribution is 8.00. The van der Waals surface area contributed by atoms with Gasteiger partial charge in [0.2, 0.25) is 11.0 Å². The van der Waals surface area contributed by atoms with Gasteiger partial charge in [0.15, 0.2) is 10.1 Å². The van der Waals surface area contributed by atoms with Gasteiger partial charge in [-0.2, -0.15) is 0 Å². The Labute approximate surface area is 136 Å². The van der Waals surface area contributed by atoms with Crippen LogP contribution in [0.4, 0.5) is 5.13 Å². The van der Waals surface area contributed by atoms with E-state index in [4.69, 9.17) is 0 Å². The van der Waals surface area contributed by atoms with Crippen molar-refractivity contribution in [3.8, 4) is 0 Å². The second-order valence-corrected chi connectivity index (χ2v) is 7.37. The molecule has 1 aliphatic rings. The van der Waals surface area contributed by atoms with Gasteiger partial charge >= 0.3 is 0 Å². The molecule has 2 heterocycles. The fourth-order valence-corrected chi connectivity index (χ4v) is 4.07. The van der Waals surface area contributed by atoms with Gasteiger partial charge in [-0.3, -0.25) is 14.5 Å². The maximum absolute atomic E-state index is 12.2. The number of Topliss-reactive ketones (excluding diaryl/α,β-unsaturated/α-hetero) is 1. The highest BCUT2D eigenvalue weighted by Gasteiger charge is 2.33. The summed E-state index contributed by atoms with van der Waals surface area (Å²) < 4.78 is 0.803. The maximum Gasteiger partial charge on any atom is 0.232 e. The Kier molecular flexibility index (Phi) is 4.54. The first kappa shape index (κ1) is 15.2. The zero-order valence-corrected chi connectivity index (χ0v) is 13.7. The van der Waals surface area contributed by atoms with E-state index in [1.807, 2.05) is 18.2 Å². The minimum absolute atomic E-state index is 0.0460. The molecule has 0 spiro atoms. The molecule has 1 atom stereocenters. The normalized spacial score (nSPS) is 18.8. The van der Waals surface area contributed by atoms with Crippen LogP contribution in [0.3, 0.4) is 0 Å². The molecule has 0 saturated carbocycles. The Balaban J connectivity index is 1.68. The van der Waals surface area contributed by atoms with Crippen LogP contribution in [0.15, 0.2) is 34.7 Å². The van der Waals surface area contributed by atoms with Crippen LogP contribution >= 0.6 is 23.1 Å². The maximum atomic E-state index is 12.2. The summed E-state index contributed by atoms with van der Waals surface area (Å²) >= 11 is 2.94. The van der Waals surface area contributed by atoms with Crippen molar-refractivity contribution in [1.29, 1.82) is 0 Å². The third-order valence-corrected chi connectivity index (χ3v) is 5.54. The van der Waals surface area contributed by atoms with Gasteiger partial charge in [0.1, 0.15) is 0 Å². The van der Waals surface area contributed by atoms with E-state index in [9.17, 15) is 9.59 Å². The first-order valence-corrected chi connectivity index (χ1v) is 8.77. The molecule has 0 aliphatic carbocycles. The number of hydrogen-bond donors (Lipinski definition) is 0. The fraction of sp³-hybridized carbons (Fsp3) is 0.333. The lowest BCUT2D eigenvalue weighted by atomic mass is 9.99. The van der Waals surface area contributed by atoms with E-state index in [2.05, 4.69) is 22.3 Å². The number of carbonyl (C=O) groups excluding carboxylic acids is 2. The van der Waals surface area contributed by atoms with Crippen LogP contribution in [0, 0.1) is 5.92 Å². The molecule has 114 valence electrons. The van der Waals surface area contributed by atoms with Crippen LogP contribution in [-0.4, -0.2) is 28.4 Å². The summed E-state index contributed by atoms with van der Waals surface area (Å²) in [4.78, 5) is 25.3. The van der Waals surface area contributed by atoms with Crippen molar-refractivity contribution < 1.29 is 9.59 Å². The molecule has 1 aromatic carbocycles. The molecule has 2 aromatic rings. The van der Waals surface area contributed by atoms with Crippen molar-refractivity contribution in [3.05, 3.63) is 35.9 Å². The van der Waals surface area contributed by atoms with Crippen LogP contribution in [0.5, 0.6) is 0 Å². The van der Waals surface area contributed by atoms with Crippen molar-refractivity contribution in [1.82, 2.24) is 10.2 Å². The monoisotopic (exact) mass is 333 g/mol. The highest BCUT2D eigenvalue weighted by Crippen LogP contribution is 2.32. The number of piperidine rings is 1. The van der Waals surface area contributed by atoms with Gasteiger partial charge in [0.25, 0.3) is 0 Å². The van der Waals surface area contributed by atoms with Crippen LogP contribution in [0.1, 0.15) is 18.9 Å². The molecule has 7 heteroatoms. The lowest BCUT2D eigenvalue weighted by molar-refractivity contribution is -0.130. The number of rotatable bonds is 4. The molecule has 3 rings (SSSR count). The zero-order chi connectivity index (χ0) is 15.5. The number of nitrogens with zero attached hydrogens (tertiary/aromatic N) is 3. The van der Waals surface area contributed by atoms with Crippen LogP contribution in [-0.2, 0) is 15.3 Å². The van der Waals surface area contributed by atoms with Gasteiger partial charge in [0.05, 0.1) is 6.54 Å². The largest absolute Gasteiger partial charge is 0.298 e. The second kappa shape index (κ2) is 6.58. The number of benzene rings is 1. The molecule has 1 saturated heterocycles. The van der Waals surface area contributed by atoms with Gasteiger partial charge in [-0.15, -0.1) is 10.2 Å². The minimum atomic E-state index is -0.273. The third-order valence-electron chi connectivity index (χ3n) is 3.39. The van der Waals surface area contributed by atoms with E-state index < -0.39 is 0 Å². The third kappa shape index (κ3) is 3.36. The lowest BCUT2D eigenvalue weighted by Crippen LogP contribution is -2.44. The number of hydrogen-bond acceptors (Lipinski definition) is 6. The standard InChI is InChI=1S/C15H15N3O2S2/c1-10-7-12(19)8-18(13(10)20)14-16-17-15(22-14)21-9-11-5-3-2-4-6-11/h2-6,10H,7-9H2,1H3. The molecular weight excluding hydrogens is 318 g/mol. The SMILES string of the molecule is CC1CC(=O)CN(c2nnc(SCc3ccccc3)s2)C1=O. The number of amides is 1. The molecule has 0 radical (unpaired) electrons. The van der Waals surface area contributed by atoms with E-state index >= 15 is 0 Å². The van der Waals surface area contributed by atoms with E-state index in [1.165, 1.54) is 21.8 Å². The quantitative estimate of drug-likeness (QED) is 0.636. The van der Waals surface area contributed by atoms with E-state index in [-0.39, 0.29) is 24.2 Å². The average Bonchev–Trinajstić information content (AvgIpc) is 2.98. The number of carbonyl (C=O) groups is 2. The van der Waals surface area contributed by atoms with Crippen LogP contribution < -0.4 is 4.90 Å². The second-order valence-electron chi connectivity index (χ2n) is 5.19. The summed E-state index contributed by atoms with van der Waals surface area (Å²) in [6.45, 7) is 1.89. The van der Waals surface area contributed by atoms with Gasteiger partial charge in [-0.05, 0) is 5.56 Å². The number of thioether (sulfide) groups is 1. The molecule has 0 N–H and O–H groups in total. The Morgan fingerprint density at radius 1 is 1.27 bits per heavy atom. The van der Waals surface area contributed by atoms with E-state index in [0.717, 1.165) is 10.1 Å². The van der Waals surface area contributed by atoms with E-state index in [1.54, 1.807) is 18.7 Å². The smallest absolute Gasteiger partial charge is 0.232 e. The number of anilines is 1. The molecule has 0 bridgehead atoms. The Morgan fingerprint density at radius 3 is 2.82 bits per heavy atom. The van der Waals surface area contributed by atoms with Crippen molar-refractivity contribution in [3.63, 3.8) is 0 Å². The molecule has 1 aromatic heterocycles. The van der Waals surface area contributed by atoms with E-state index in [0.29, 0.717) is 11.6 Å². The van der Waals surface area contributed by atoms with Crippen LogP contribution in [0.25, 0.3) is 0 Å². The molecule has 22 heavy (non-hydrogen) atoms. The molecule has 5 nitrogen and oxygen atoms in total. The van der Waals surface area contributed by atoms with Gasteiger partial charge < -0.3 is 0 Å². The molecule has 1 amide bonds. The van der Waals surface area contributed by atoms with Gasteiger partial charge in [0, 0.05) is 18.1 Å². The number of aromatic nitrogens is 2. The van der Waals surface area contributed by atoms with Crippen molar-refractivity contribution in [2.75, 3.05) is 11.4 Å². The molecule has 1 unspecified atom stereocenters. The summed E-state index contributed by atoms with van der Waals surface area (Å²) in [5.41, 5.74) is 1.21. The Bertz CT molecular complexity index is 687. The van der Waals surface area contributed by atoms with Gasteiger partial charge in [-0.1, -0.05) is 60.4 Å². The topological polar surface area (TPSA) is 63.2 Å². The van der Waals surface area contributed by atoms with Crippen LogP contribution in [0.2, 0.25) is 0 Å². The Hall–Kier alpha value is -1.73. The summed E-state index contributed by atoms with van der Waals surface area (Å²) in [5, 5.41) is 8.70. The summed E-state index contributed by atoms with van der Waals surface area (Å²) in [7, 11) is 0. The van der Waals surface area contributed by atoms with Crippen molar-refractivity contribution in [2.45, 2.75) is 23.4 Å². The predicted octanol–water partition coefficient (Wildman–Crippen LogP) is 2.77.